The van der Waals surface area contributed by atoms with Crippen molar-refractivity contribution in [3.63, 3.8) is 0 Å². The molecule has 0 spiro atoms. The Hall–Kier alpha value is -1.59. The smallest absolute Gasteiger partial charge is 0.309 e. The summed E-state index contributed by atoms with van der Waals surface area (Å²) in [7, 11) is 1.71. The number of hydrogen-bond acceptors (Lipinski definition) is 3. The van der Waals surface area contributed by atoms with E-state index in [1.165, 1.54) is 5.57 Å². The maximum Gasteiger partial charge on any atom is 0.309 e. The maximum atomic E-state index is 13.0. The molecule has 1 aromatic rings. The van der Waals surface area contributed by atoms with Gasteiger partial charge in [0.2, 0.25) is 0 Å². The van der Waals surface area contributed by atoms with Crippen LogP contribution in [0.15, 0.2) is 40.4 Å². The standard InChI is InChI=1S/C38H53BrO4/c1-22(2)26-13-16-38(33(41)42)18-17-36(6)27(31(26)38)10-12-30-35(5)21-24(19-23-20-25(39)9-11-28(23)43-8)32(40)34(3,4)29(35)14-15-37(30,36)7/h9,11,19-20,26-27,29-32,40H,1,10,12-18,21H2,2-8H3,(H,41,42)/b24-19+/t26-,27+,29-,30+,31+,32-,35-,36+,37+,38-/m0/s1. The minimum Gasteiger partial charge on any atom is -0.496 e. The molecule has 5 saturated carbocycles. The highest BCUT2D eigenvalue weighted by Crippen LogP contribution is 2.77. The van der Waals surface area contributed by atoms with E-state index in [-0.39, 0.29) is 27.6 Å². The molecule has 43 heavy (non-hydrogen) atoms. The van der Waals surface area contributed by atoms with Gasteiger partial charge in [-0.2, -0.15) is 0 Å². The first kappa shape index (κ1) is 31.4. The van der Waals surface area contributed by atoms with Gasteiger partial charge in [-0.05, 0) is 146 Å². The molecule has 0 heterocycles. The Morgan fingerprint density at radius 3 is 2.37 bits per heavy atom. The fourth-order valence-corrected chi connectivity index (χ4v) is 13.1. The van der Waals surface area contributed by atoms with Crippen LogP contribution in [0.2, 0.25) is 0 Å². The number of carbonyl (C=O) groups is 1. The molecule has 0 unspecified atom stereocenters. The second kappa shape index (κ2) is 10.2. The number of aliphatic hydroxyl groups excluding tert-OH is 1. The Kier molecular flexibility index (Phi) is 7.45. The molecule has 0 amide bonds. The van der Waals surface area contributed by atoms with Gasteiger partial charge in [0.15, 0.2) is 0 Å². The molecule has 0 aromatic heterocycles. The molecule has 1 aromatic carbocycles. The van der Waals surface area contributed by atoms with Crippen molar-refractivity contribution in [3.05, 3.63) is 46.0 Å². The minimum absolute atomic E-state index is 0.0412. The van der Waals surface area contributed by atoms with E-state index in [2.05, 4.69) is 76.2 Å². The van der Waals surface area contributed by atoms with E-state index < -0.39 is 17.5 Å². The fourth-order valence-electron chi connectivity index (χ4n) is 12.7. The second-order valence-electron chi connectivity index (χ2n) is 16.7. The highest BCUT2D eigenvalue weighted by Gasteiger charge is 2.72. The largest absolute Gasteiger partial charge is 0.496 e. The molecule has 5 fully saturated rings. The van der Waals surface area contributed by atoms with Crippen LogP contribution >= 0.6 is 15.9 Å². The summed E-state index contributed by atoms with van der Waals surface area (Å²) in [6.07, 6.45) is 10.7. The number of aliphatic carboxylic acids is 1. The van der Waals surface area contributed by atoms with Crippen LogP contribution in [0.3, 0.4) is 0 Å². The number of methoxy groups -OCH3 is 1. The predicted molar refractivity (Wildman–Crippen MR) is 177 cm³/mol. The zero-order valence-corrected chi connectivity index (χ0v) is 29.0. The molecule has 0 bridgehead atoms. The van der Waals surface area contributed by atoms with Crippen molar-refractivity contribution in [1.29, 1.82) is 0 Å². The summed E-state index contributed by atoms with van der Waals surface area (Å²) < 4.78 is 6.72. The number of fused-ring (bicyclic) bond motifs is 7. The molecule has 236 valence electrons. The van der Waals surface area contributed by atoms with E-state index in [1.807, 2.05) is 12.1 Å². The topological polar surface area (TPSA) is 66.8 Å². The first-order valence-corrected chi connectivity index (χ1v) is 17.5. The van der Waals surface area contributed by atoms with Gasteiger partial charge in [-0.15, -0.1) is 0 Å². The quantitative estimate of drug-likeness (QED) is 0.318. The van der Waals surface area contributed by atoms with E-state index in [4.69, 9.17) is 4.74 Å². The van der Waals surface area contributed by atoms with Gasteiger partial charge in [0, 0.05) is 10.0 Å². The molecular weight excluding hydrogens is 600 g/mol. The Labute approximate surface area is 267 Å². The van der Waals surface area contributed by atoms with Crippen LogP contribution in [0.4, 0.5) is 0 Å². The Morgan fingerprint density at radius 2 is 1.72 bits per heavy atom. The summed E-state index contributed by atoms with van der Waals surface area (Å²) in [5, 5.41) is 22.6. The van der Waals surface area contributed by atoms with E-state index >= 15 is 0 Å². The molecule has 0 saturated heterocycles. The molecule has 0 radical (unpaired) electrons. The third-order valence-corrected chi connectivity index (χ3v) is 15.3. The molecule has 5 aliphatic rings. The number of ether oxygens (including phenoxy) is 1. The van der Waals surface area contributed by atoms with Gasteiger partial charge < -0.3 is 14.9 Å². The highest BCUT2D eigenvalue weighted by molar-refractivity contribution is 9.10. The first-order chi connectivity index (χ1) is 20.1. The monoisotopic (exact) mass is 652 g/mol. The third-order valence-electron chi connectivity index (χ3n) is 14.8. The minimum atomic E-state index is -0.589. The van der Waals surface area contributed by atoms with E-state index in [9.17, 15) is 15.0 Å². The van der Waals surface area contributed by atoms with Crippen LogP contribution in [-0.4, -0.2) is 29.4 Å². The number of carboxylic acids is 1. The van der Waals surface area contributed by atoms with Crippen molar-refractivity contribution >= 4 is 28.0 Å². The molecule has 4 nitrogen and oxygen atoms in total. The van der Waals surface area contributed by atoms with Crippen molar-refractivity contribution in [2.75, 3.05) is 7.11 Å². The molecule has 5 heteroatoms. The number of carboxylic acid groups (broad SMARTS) is 1. The van der Waals surface area contributed by atoms with Crippen LogP contribution in [-0.2, 0) is 4.79 Å². The first-order valence-electron chi connectivity index (χ1n) is 16.7. The van der Waals surface area contributed by atoms with Crippen LogP contribution in [0.25, 0.3) is 6.08 Å². The van der Waals surface area contributed by atoms with Gasteiger partial charge >= 0.3 is 5.97 Å². The van der Waals surface area contributed by atoms with E-state index in [0.717, 1.165) is 79.1 Å². The van der Waals surface area contributed by atoms with Gasteiger partial charge in [0.1, 0.15) is 5.75 Å². The SMILES string of the molecule is C=C(C)[C@@H]1CC[C@]2(C(=O)O)CC[C@]3(C)[C@H](CC[C@@H]4[C@@]5(C)C/C(=C\c6cc(Br)ccc6OC)[C@H](O)C(C)(C)[C@@H]5CC[C@]43C)[C@@H]12. The summed E-state index contributed by atoms with van der Waals surface area (Å²) >= 11 is 3.64. The van der Waals surface area contributed by atoms with Crippen molar-refractivity contribution < 1.29 is 19.7 Å². The number of hydrogen-bond donors (Lipinski definition) is 2. The predicted octanol–water partition coefficient (Wildman–Crippen LogP) is 9.55. The lowest BCUT2D eigenvalue weighted by Crippen LogP contribution is -2.67. The Morgan fingerprint density at radius 1 is 1.00 bits per heavy atom. The summed E-state index contributed by atoms with van der Waals surface area (Å²) in [4.78, 5) is 13.0. The van der Waals surface area contributed by atoms with Crippen LogP contribution < -0.4 is 4.74 Å². The van der Waals surface area contributed by atoms with E-state index in [0.29, 0.717) is 23.7 Å². The van der Waals surface area contributed by atoms with Crippen LogP contribution in [0.5, 0.6) is 5.75 Å². The molecule has 0 aliphatic heterocycles. The van der Waals surface area contributed by atoms with Gasteiger partial charge in [0.25, 0.3) is 0 Å². The number of rotatable bonds is 4. The van der Waals surface area contributed by atoms with Crippen molar-refractivity contribution in [2.45, 2.75) is 105 Å². The average molecular weight is 654 g/mol. The third kappa shape index (κ3) is 4.18. The number of allylic oxidation sites excluding steroid dienone is 1. The lowest BCUT2D eigenvalue weighted by atomic mass is 9.32. The van der Waals surface area contributed by atoms with Crippen molar-refractivity contribution in [1.82, 2.24) is 0 Å². The van der Waals surface area contributed by atoms with E-state index in [1.54, 1.807) is 7.11 Å². The van der Waals surface area contributed by atoms with Gasteiger partial charge in [-0.25, -0.2) is 0 Å². The summed E-state index contributed by atoms with van der Waals surface area (Å²) in [5.74, 6) is 2.10. The maximum absolute atomic E-state index is 13.0. The Balaban J connectivity index is 1.42. The highest BCUT2D eigenvalue weighted by atomic mass is 79.9. The Bertz CT molecular complexity index is 1360. The number of aliphatic hydroxyl groups is 1. The lowest BCUT2D eigenvalue weighted by molar-refractivity contribution is -0.240. The summed E-state index contributed by atoms with van der Waals surface area (Å²) in [5.41, 5.74) is 2.70. The van der Waals surface area contributed by atoms with Crippen LogP contribution in [0.1, 0.15) is 105 Å². The fraction of sp³-hybridized carbons (Fsp3) is 0.711. The zero-order valence-electron chi connectivity index (χ0n) is 27.4. The molecule has 5 aliphatic carbocycles. The van der Waals surface area contributed by atoms with Gasteiger partial charge in [-0.1, -0.05) is 62.7 Å². The summed E-state index contributed by atoms with van der Waals surface area (Å²) in [6, 6.07) is 6.08. The summed E-state index contributed by atoms with van der Waals surface area (Å²) in [6.45, 7) is 18.8. The average Bonchev–Trinajstić information content (AvgIpc) is 3.34. The number of halogens is 1. The normalized spacial score (nSPS) is 45.8. The molecule has 6 rings (SSSR count). The van der Waals surface area contributed by atoms with Crippen molar-refractivity contribution in [2.24, 2.45) is 56.7 Å². The van der Waals surface area contributed by atoms with Gasteiger partial charge in [0.05, 0.1) is 18.6 Å². The molecule has 10 atom stereocenters. The number of benzene rings is 1. The zero-order chi connectivity index (χ0) is 31.3. The lowest BCUT2D eigenvalue weighted by Gasteiger charge is -2.72. The second-order valence-corrected chi connectivity index (χ2v) is 17.6. The van der Waals surface area contributed by atoms with Gasteiger partial charge in [-0.3, -0.25) is 4.79 Å². The van der Waals surface area contributed by atoms with Crippen molar-refractivity contribution in [3.8, 4) is 5.75 Å². The molecular formula is C38H53BrO4. The van der Waals surface area contributed by atoms with Crippen LogP contribution in [0, 0.1) is 56.7 Å². The molecule has 2 N–H and O–H groups in total.